The van der Waals surface area contributed by atoms with E-state index in [1.54, 1.807) is 6.20 Å². The van der Waals surface area contributed by atoms with Crippen LogP contribution in [0.1, 0.15) is 58.8 Å². The Balaban J connectivity index is 1.43. The van der Waals surface area contributed by atoms with E-state index in [-0.39, 0.29) is 17.9 Å². The molecule has 1 aliphatic carbocycles. The summed E-state index contributed by atoms with van der Waals surface area (Å²) in [5.41, 5.74) is 1.67. The second kappa shape index (κ2) is 11.0. The van der Waals surface area contributed by atoms with Gasteiger partial charge in [-0.3, -0.25) is 9.78 Å². The van der Waals surface area contributed by atoms with Crippen LogP contribution in [0, 0.1) is 5.92 Å². The molecule has 36 heavy (non-hydrogen) atoms. The lowest BCUT2D eigenvalue weighted by Gasteiger charge is -2.33. The topological polar surface area (TPSA) is 83.0 Å². The van der Waals surface area contributed by atoms with Crippen LogP contribution in [0.5, 0.6) is 0 Å². The summed E-state index contributed by atoms with van der Waals surface area (Å²) in [6, 6.07) is 6.71. The van der Waals surface area contributed by atoms with Crippen LogP contribution >= 0.6 is 11.6 Å². The van der Waals surface area contributed by atoms with Crippen molar-refractivity contribution in [3.63, 3.8) is 0 Å². The number of piperidine rings is 1. The summed E-state index contributed by atoms with van der Waals surface area (Å²) in [5.74, 6) is 1.96. The summed E-state index contributed by atoms with van der Waals surface area (Å²) in [6.45, 7) is 5.57. The van der Waals surface area contributed by atoms with Crippen LogP contribution in [0.15, 0.2) is 36.8 Å². The predicted molar refractivity (Wildman–Crippen MR) is 146 cm³/mol. The Labute approximate surface area is 218 Å². The Morgan fingerprint density at radius 2 is 1.86 bits per heavy atom. The fraction of sp³-hybridized carbons (Fsp3) is 0.500. The minimum absolute atomic E-state index is 0.0443. The normalized spacial score (nSPS) is 17.5. The molecule has 0 aromatic carbocycles. The van der Waals surface area contributed by atoms with Crippen molar-refractivity contribution in [1.82, 2.24) is 20.3 Å². The Bertz CT molecular complexity index is 1220. The standard InChI is InChI=1S/C28H35ClN6O/c1-18(2)32-28(36)19-9-12-35(13-10-19)27-22-8-11-30-16-20(22)14-25(34-27)23-15-26(31-17-24(23)29)33-21-6-4-3-5-7-21/h8,11,14-19,21H,3-7,9-10,12-13H2,1-2H3,(H,31,33)(H,32,36). The SMILES string of the molecule is CC(C)NC(=O)C1CCN(c2nc(-c3cc(NC4CCCCC4)ncc3Cl)cc3cnccc23)CC1. The molecule has 2 N–H and O–H groups in total. The Morgan fingerprint density at radius 1 is 1.08 bits per heavy atom. The summed E-state index contributed by atoms with van der Waals surface area (Å²) < 4.78 is 0. The van der Waals surface area contributed by atoms with Crippen LogP contribution in [0.2, 0.25) is 5.02 Å². The van der Waals surface area contributed by atoms with Crippen LogP contribution in [-0.4, -0.2) is 46.0 Å². The van der Waals surface area contributed by atoms with Gasteiger partial charge in [0.2, 0.25) is 5.91 Å². The van der Waals surface area contributed by atoms with Gasteiger partial charge in [-0.15, -0.1) is 0 Å². The van der Waals surface area contributed by atoms with Crippen LogP contribution in [0.3, 0.4) is 0 Å². The summed E-state index contributed by atoms with van der Waals surface area (Å²) in [4.78, 5) is 28.9. The third-order valence-electron chi connectivity index (χ3n) is 7.30. The fourth-order valence-corrected chi connectivity index (χ4v) is 5.58. The first kappa shape index (κ1) is 24.8. The first-order chi connectivity index (χ1) is 17.5. The quantitative estimate of drug-likeness (QED) is 0.437. The van der Waals surface area contributed by atoms with Gasteiger partial charge in [0.05, 0.1) is 10.7 Å². The number of carbonyl (C=O) groups is 1. The molecule has 2 aliphatic rings. The minimum atomic E-state index is 0.0443. The number of rotatable bonds is 6. The highest BCUT2D eigenvalue weighted by Gasteiger charge is 2.27. The van der Waals surface area contributed by atoms with E-state index in [1.165, 1.54) is 32.1 Å². The highest BCUT2D eigenvalue weighted by atomic mass is 35.5. The Morgan fingerprint density at radius 3 is 2.61 bits per heavy atom. The summed E-state index contributed by atoms with van der Waals surface area (Å²) >= 11 is 6.65. The van der Waals surface area contributed by atoms with Gasteiger partial charge in [0.1, 0.15) is 11.6 Å². The van der Waals surface area contributed by atoms with Crippen molar-refractivity contribution in [2.24, 2.45) is 5.92 Å². The zero-order valence-corrected chi connectivity index (χ0v) is 21.9. The maximum Gasteiger partial charge on any atom is 0.223 e. The smallest absolute Gasteiger partial charge is 0.223 e. The molecule has 4 heterocycles. The van der Waals surface area contributed by atoms with Gasteiger partial charge < -0.3 is 15.5 Å². The van der Waals surface area contributed by atoms with Crippen LogP contribution < -0.4 is 15.5 Å². The number of carbonyl (C=O) groups excluding carboxylic acids is 1. The highest BCUT2D eigenvalue weighted by Crippen LogP contribution is 2.35. The Hall–Kier alpha value is -2.93. The average Bonchev–Trinajstić information content (AvgIpc) is 2.89. The van der Waals surface area contributed by atoms with E-state index in [1.807, 2.05) is 38.4 Å². The summed E-state index contributed by atoms with van der Waals surface area (Å²) in [7, 11) is 0. The number of fused-ring (bicyclic) bond motifs is 1. The molecule has 190 valence electrons. The molecule has 1 saturated carbocycles. The van der Waals surface area contributed by atoms with Crippen LogP contribution in [0.25, 0.3) is 22.0 Å². The van der Waals surface area contributed by atoms with E-state index >= 15 is 0 Å². The minimum Gasteiger partial charge on any atom is -0.367 e. The average molecular weight is 507 g/mol. The molecule has 0 spiro atoms. The Kier molecular flexibility index (Phi) is 7.56. The van der Waals surface area contributed by atoms with Crippen molar-refractivity contribution >= 4 is 39.9 Å². The lowest BCUT2D eigenvalue weighted by Crippen LogP contribution is -2.42. The van der Waals surface area contributed by atoms with Crippen molar-refractivity contribution in [2.75, 3.05) is 23.3 Å². The second-order valence-electron chi connectivity index (χ2n) is 10.4. The van der Waals surface area contributed by atoms with Gasteiger partial charge in [-0.05, 0) is 57.7 Å². The lowest BCUT2D eigenvalue weighted by atomic mass is 9.95. The molecule has 3 aromatic rings. The molecule has 8 heteroatoms. The number of pyridine rings is 3. The monoisotopic (exact) mass is 506 g/mol. The van der Waals surface area contributed by atoms with Gasteiger partial charge in [-0.2, -0.15) is 0 Å². The number of nitrogens with zero attached hydrogens (tertiary/aromatic N) is 4. The number of anilines is 2. The van der Waals surface area contributed by atoms with Gasteiger partial charge in [-0.1, -0.05) is 30.9 Å². The first-order valence-corrected chi connectivity index (χ1v) is 13.6. The summed E-state index contributed by atoms with van der Waals surface area (Å²) in [5, 5.41) is 9.32. The lowest BCUT2D eigenvalue weighted by molar-refractivity contribution is -0.126. The maximum absolute atomic E-state index is 12.5. The van der Waals surface area contributed by atoms with Gasteiger partial charge in [0.15, 0.2) is 0 Å². The van der Waals surface area contributed by atoms with Crippen molar-refractivity contribution in [3.8, 4) is 11.3 Å². The second-order valence-corrected chi connectivity index (χ2v) is 10.8. The molecular weight excluding hydrogens is 472 g/mol. The number of aromatic nitrogens is 3. The fourth-order valence-electron chi connectivity index (χ4n) is 5.38. The van der Waals surface area contributed by atoms with E-state index in [0.717, 1.165) is 59.6 Å². The predicted octanol–water partition coefficient (Wildman–Crippen LogP) is 5.83. The summed E-state index contributed by atoms with van der Waals surface area (Å²) in [6.07, 6.45) is 13.2. The molecule has 0 unspecified atom stereocenters. The number of hydrogen-bond donors (Lipinski definition) is 2. The highest BCUT2D eigenvalue weighted by molar-refractivity contribution is 6.33. The van der Waals surface area contributed by atoms with E-state index < -0.39 is 0 Å². The van der Waals surface area contributed by atoms with Gasteiger partial charge >= 0.3 is 0 Å². The number of hydrogen-bond acceptors (Lipinski definition) is 6. The van der Waals surface area contributed by atoms with Crippen molar-refractivity contribution < 1.29 is 4.79 Å². The third kappa shape index (κ3) is 5.56. The third-order valence-corrected chi connectivity index (χ3v) is 7.60. The molecule has 1 amide bonds. The van der Waals surface area contributed by atoms with E-state index in [4.69, 9.17) is 16.6 Å². The van der Waals surface area contributed by atoms with Gasteiger partial charge in [-0.25, -0.2) is 9.97 Å². The zero-order valence-electron chi connectivity index (χ0n) is 21.1. The molecule has 0 bridgehead atoms. The molecule has 5 rings (SSSR count). The molecule has 0 radical (unpaired) electrons. The molecule has 2 fully saturated rings. The van der Waals surface area contributed by atoms with Gasteiger partial charge in [0, 0.05) is 66.0 Å². The van der Waals surface area contributed by atoms with Crippen molar-refractivity contribution in [3.05, 3.63) is 41.8 Å². The number of nitrogens with one attached hydrogen (secondary N) is 2. The van der Waals surface area contributed by atoms with Gasteiger partial charge in [0.25, 0.3) is 0 Å². The molecule has 1 aliphatic heterocycles. The number of halogens is 1. The van der Waals surface area contributed by atoms with Crippen molar-refractivity contribution in [2.45, 2.75) is 70.9 Å². The maximum atomic E-state index is 12.5. The largest absolute Gasteiger partial charge is 0.367 e. The van der Waals surface area contributed by atoms with E-state index in [0.29, 0.717) is 11.1 Å². The molecular formula is C28H35ClN6O. The van der Waals surface area contributed by atoms with E-state index in [2.05, 4.69) is 31.6 Å². The van der Waals surface area contributed by atoms with Crippen LogP contribution in [0.4, 0.5) is 11.6 Å². The molecule has 7 nitrogen and oxygen atoms in total. The van der Waals surface area contributed by atoms with E-state index in [9.17, 15) is 4.79 Å². The van der Waals surface area contributed by atoms with Crippen LogP contribution in [-0.2, 0) is 4.79 Å². The van der Waals surface area contributed by atoms with Crippen molar-refractivity contribution in [1.29, 1.82) is 0 Å². The molecule has 3 aromatic heterocycles. The number of amides is 1. The zero-order chi connectivity index (χ0) is 25.1. The first-order valence-electron chi connectivity index (χ1n) is 13.2. The molecule has 0 atom stereocenters. The molecule has 1 saturated heterocycles.